The van der Waals surface area contributed by atoms with Crippen molar-refractivity contribution in [1.29, 1.82) is 0 Å². The molecule has 0 N–H and O–H groups in total. The first-order chi connectivity index (χ1) is 9.52. The highest BCUT2D eigenvalue weighted by molar-refractivity contribution is 14.1. The maximum absolute atomic E-state index is 5.68. The van der Waals surface area contributed by atoms with Crippen molar-refractivity contribution in [1.82, 2.24) is 9.97 Å². The summed E-state index contributed by atoms with van der Waals surface area (Å²) in [5.41, 5.74) is 3.11. The van der Waals surface area contributed by atoms with E-state index in [-0.39, 0.29) is 5.41 Å². The molecular formula is C15H15BIN3. The lowest BCUT2D eigenvalue weighted by Crippen LogP contribution is -2.32. The van der Waals surface area contributed by atoms with Crippen LogP contribution in [0.2, 0.25) is 0 Å². The lowest BCUT2D eigenvalue weighted by Gasteiger charge is -2.32. The highest BCUT2D eigenvalue weighted by Gasteiger charge is 2.43. The minimum absolute atomic E-state index is 0.0303. The predicted octanol–water partition coefficient (Wildman–Crippen LogP) is 2.50. The van der Waals surface area contributed by atoms with Crippen LogP contribution >= 0.6 is 22.9 Å². The maximum Gasteiger partial charge on any atom is 0.141 e. The minimum Gasteiger partial charge on any atom is -0.298 e. The summed E-state index contributed by atoms with van der Waals surface area (Å²) < 4.78 is 2.20. The summed E-state index contributed by atoms with van der Waals surface area (Å²) in [6, 6.07) is 8.14. The van der Waals surface area contributed by atoms with Crippen LogP contribution < -0.4 is 8.71 Å². The van der Waals surface area contributed by atoms with Gasteiger partial charge in [-0.25, -0.2) is 4.98 Å². The second-order valence-electron chi connectivity index (χ2n) is 5.55. The Labute approximate surface area is 134 Å². The summed E-state index contributed by atoms with van der Waals surface area (Å²) in [5.74, 6) is 1.42. The molecule has 3 rings (SSSR count). The normalized spacial score (nSPS) is 22.6. The average molecular weight is 375 g/mol. The number of hydrogen-bond acceptors (Lipinski definition) is 3. The number of anilines is 1. The van der Waals surface area contributed by atoms with Gasteiger partial charge in [-0.1, -0.05) is 32.0 Å². The van der Waals surface area contributed by atoms with Gasteiger partial charge in [0.2, 0.25) is 0 Å². The molecular weight excluding hydrogens is 360 g/mol. The maximum atomic E-state index is 5.68. The molecule has 0 fully saturated rings. The highest BCUT2D eigenvalue weighted by atomic mass is 127. The zero-order valence-electron chi connectivity index (χ0n) is 11.5. The van der Waals surface area contributed by atoms with Crippen molar-refractivity contribution in [3.05, 3.63) is 47.8 Å². The summed E-state index contributed by atoms with van der Waals surface area (Å²) in [6.45, 7) is 5.50. The van der Waals surface area contributed by atoms with Gasteiger partial charge in [-0.05, 0) is 23.1 Å². The van der Waals surface area contributed by atoms with Crippen LogP contribution in [0.15, 0.2) is 36.7 Å². The third kappa shape index (κ3) is 2.12. The zero-order valence-corrected chi connectivity index (χ0v) is 13.7. The molecule has 0 aliphatic carbocycles. The Morgan fingerprint density at radius 3 is 2.85 bits per heavy atom. The molecule has 1 aliphatic heterocycles. The van der Waals surface area contributed by atoms with Gasteiger partial charge in [0, 0.05) is 29.9 Å². The molecule has 0 saturated carbocycles. The summed E-state index contributed by atoms with van der Waals surface area (Å²) in [7, 11) is 5.68. The molecule has 3 heterocycles. The van der Waals surface area contributed by atoms with Crippen LogP contribution in [0.3, 0.4) is 0 Å². The Kier molecular flexibility index (Phi) is 3.48. The lowest BCUT2D eigenvalue weighted by molar-refractivity contribution is 0.430. The van der Waals surface area contributed by atoms with Gasteiger partial charge in [0.05, 0.1) is 22.9 Å². The molecule has 2 aromatic heterocycles. The van der Waals surface area contributed by atoms with Crippen LogP contribution in [0.1, 0.15) is 30.9 Å². The van der Waals surface area contributed by atoms with E-state index in [0.717, 1.165) is 12.4 Å². The standard InChI is InChI=1S/C15H15BIN3/c1-10(11-5-6-13(16)19-8-11)15(2)9-20(17)14-12(15)4-3-7-18-14/h3-8,10H,9H2,1-2H3/t10?,15-/m1/s1. The number of rotatable bonds is 2. The van der Waals surface area contributed by atoms with E-state index in [1.807, 2.05) is 24.5 Å². The van der Waals surface area contributed by atoms with Crippen molar-refractivity contribution >= 4 is 42.1 Å². The quantitative estimate of drug-likeness (QED) is 0.459. The number of aromatic nitrogens is 2. The molecule has 2 radical (unpaired) electrons. The largest absolute Gasteiger partial charge is 0.298 e. The SMILES string of the molecule is [B]c1ccc(C(C)[C@@]2(C)CN(I)c3ncccc32)cn1. The summed E-state index contributed by atoms with van der Waals surface area (Å²) in [6.07, 6.45) is 3.74. The molecule has 0 amide bonds. The van der Waals surface area contributed by atoms with E-state index >= 15 is 0 Å². The average Bonchev–Trinajstić information content (AvgIpc) is 2.72. The Hall–Kier alpha value is -1.11. The fourth-order valence-electron chi connectivity index (χ4n) is 2.90. The molecule has 1 aliphatic rings. The minimum atomic E-state index is 0.0303. The number of pyridine rings is 2. The van der Waals surface area contributed by atoms with E-state index in [9.17, 15) is 0 Å². The fraction of sp³-hybridized carbons (Fsp3) is 0.333. The van der Waals surface area contributed by atoms with E-state index in [1.165, 1.54) is 11.1 Å². The molecule has 2 aromatic rings. The van der Waals surface area contributed by atoms with Crippen LogP contribution in [-0.2, 0) is 5.41 Å². The Morgan fingerprint density at radius 2 is 2.15 bits per heavy atom. The first-order valence-corrected chi connectivity index (χ1v) is 7.59. The van der Waals surface area contributed by atoms with E-state index in [0.29, 0.717) is 11.5 Å². The van der Waals surface area contributed by atoms with Crippen LogP contribution in [0, 0.1) is 0 Å². The van der Waals surface area contributed by atoms with E-state index < -0.39 is 0 Å². The van der Waals surface area contributed by atoms with Gasteiger partial charge < -0.3 is 0 Å². The first kappa shape index (κ1) is 13.9. The summed E-state index contributed by atoms with van der Waals surface area (Å²) in [4.78, 5) is 8.73. The summed E-state index contributed by atoms with van der Waals surface area (Å²) >= 11 is 2.34. The van der Waals surface area contributed by atoms with Gasteiger partial charge in [0.15, 0.2) is 0 Å². The fourth-order valence-corrected chi connectivity index (χ4v) is 3.99. The monoisotopic (exact) mass is 375 g/mol. The molecule has 3 nitrogen and oxygen atoms in total. The van der Waals surface area contributed by atoms with Crippen molar-refractivity contribution < 1.29 is 0 Å². The van der Waals surface area contributed by atoms with E-state index in [4.69, 9.17) is 7.85 Å². The second kappa shape index (κ2) is 5.02. The summed E-state index contributed by atoms with van der Waals surface area (Å²) in [5, 5.41) is 0. The van der Waals surface area contributed by atoms with Crippen molar-refractivity contribution in [3.63, 3.8) is 0 Å². The third-order valence-corrected chi connectivity index (χ3v) is 5.16. The Balaban J connectivity index is 2.03. The lowest BCUT2D eigenvalue weighted by atomic mass is 9.72. The zero-order chi connectivity index (χ0) is 14.3. The topological polar surface area (TPSA) is 29.0 Å². The molecule has 2 atom stereocenters. The van der Waals surface area contributed by atoms with Crippen LogP contribution in [0.5, 0.6) is 0 Å². The molecule has 0 saturated heterocycles. The smallest absolute Gasteiger partial charge is 0.141 e. The third-order valence-electron chi connectivity index (χ3n) is 4.36. The van der Waals surface area contributed by atoms with Crippen LogP contribution in [0.4, 0.5) is 5.82 Å². The molecule has 0 spiro atoms. The first-order valence-electron chi connectivity index (χ1n) is 6.62. The van der Waals surface area contributed by atoms with Gasteiger partial charge >= 0.3 is 0 Å². The van der Waals surface area contributed by atoms with Crippen molar-refractivity contribution in [3.8, 4) is 0 Å². The van der Waals surface area contributed by atoms with Crippen LogP contribution in [0.25, 0.3) is 0 Å². The second-order valence-corrected chi connectivity index (χ2v) is 6.72. The molecule has 5 heteroatoms. The van der Waals surface area contributed by atoms with E-state index in [2.05, 4.69) is 61.9 Å². The van der Waals surface area contributed by atoms with Gasteiger partial charge in [-0.2, -0.15) is 0 Å². The number of hydrogen-bond donors (Lipinski definition) is 0. The van der Waals surface area contributed by atoms with Gasteiger partial charge in [-0.3, -0.25) is 8.10 Å². The van der Waals surface area contributed by atoms with Crippen molar-refractivity contribution in [2.75, 3.05) is 9.66 Å². The highest BCUT2D eigenvalue weighted by Crippen LogP contribution is 2.48. The Bertz CT molecular complexity index is 631. The Morgan fingerprint density at radius 1 is 1.35 bits per heavy atom. The molecule has 0 bridgehead atoms. The van der Waals surface area contributed by atoms with Gasteiger partial charge in [-0.15, -0.1) is 0 Å². The van der Waals surface area contributed by atoms with Gasteiger partial charge in [0.25, 0.3) is 0 Å². The van der Waals surface area contributed by atoms with Crippen molar-refractivity contribution in [2.24, 2.45) is 0 Å². The number of nitrogens with zero attached hydrogens (tertiary/aromatic N) is 3. The number of halogens is 1. The molecule has 20 heavy (non-hydrogen) atoms. The predicted molar refractivity (Wildman–Crippen MR) is 91.0 cm³/mol. The molecule has 100 valence electrons. The molecule has 0 aromatic carbocycles. The van der Waals surface area contributed by atoms with Crippen LogP contribution in [-0.4, -0.2) is 24.4 Å². The number of fused-ring (bicyclic) bond motifs is 1. The van der Waals surface area contributed by atoms with E-state index in [1.54, 1.807) is 0 Å². The van der Waals surface area contributed by atoms with Crippen molar-refractivity contribution in [2.45, 2.75) is 25.2 Å². The van der Waals surface area contributed by atoms with Gasteiger partial charge in [0.1, 0.15) is 13.7 Å². The molecule has 1 unspecified atom stereocenters.